The van der Waals surface area contributed by atoms with Crippen LogP contribution < -0.4 is 15.8 Å². The minimum atomic E-state index is 0.363. The molecular formula is C15H20N4OS. The average molecular weight is 304 g/mol. The number of nitrogens with one attached hydrogen (secondary N) is 1. The van der Waals surface area contributed by atoms with Crippen molar-refractivity contribution in [2.24, 2.45) is 12.8 Å². The Bertz CT molecular complexity index is 651. The Morgan fingerprint density at radius 2 is 2.24 bits per heavy atom. The number of hydrogen-bond acceptors (Lipinski definition) is 4. The van der Waals surface area contributed by atoms with Crippen molar-refractivity contribution in [2.45, 2.75) is 19.9 Å². The van der Waals surface area contributed by atoms with Crippen molar-refractivity contribution in [1.82, 2.24) is 9.78 Å². The highest BCUT2D eigenvalue weighted by Gasteiger charge is 2.09. The number of thiocarbonyl (C=S) groups is 1. The molecule has 0 spiro atoms. The maximum atomic E-state index is 5.77. The lowest BCUT2D eigenvalue weighted by atomic mass is 10.1. The normalized spacial score (nSPS) is 10.4. The first kappa shape index (κ1) is 15.3. The lowest BCUT2D eigenvalue weighted by Gasteiger charge is -2.12. The van der Waals surface area contributed by atoms with Gasteiger partial charge in [-0.25, -0.2) is 0 Å². The largest absolute Gasteiger partial charge is 0.497 e. The molecule has 0 aliphatic rings. The lowest BCUT2D eigenvalue weighted by Crippen LogP contribution is -2.13. The molecule has 0 saturated heterocycles. The summed E-state index contributed by atoms with van der Waals surface area (Å²) < 4.78 is 7.08. The smallest absolute Gasteiger partial charge is 0.120 e. The number of anilines is 1. The van der Waals surface area contributed by atoms with Gasteiger partial charge in [-0.15, -0.1) is 0 Å². The van der Waals surface area contributed by atoms with Gasteiger partial charge in [0, 0.05) is 42.7 Å². The van der Waals surface area contributed by atoms with Crippen LogP contribution in [0, 0.1) is 0 Å². The van der Waals surface area contributed by atoms with E-state index in [4.69, 9.17) is 22.7 Å². The first-order valence-electron chi connectivity index (χ1n) is 6.78. The second-order valence-electron chi connectivity index (χ2n) is 4.76. The number of nitrogens with two attached hydrogens (primary N) is 1. The Hall–Kier alpha value is -2.08. The van der Waals surface area contributed by atoms with Crippen LogP contribution >= 0.6 is 12.2 Å². The summed E-state index contributed by atoms with van der Waals surface area (Å²) in [6.45, 7) is 2.76. The molecule has 1 aromatic heterocycles. The second-order valence-corrected chi connectivity index (χ2v) is 5.20. The summed E-state index contributed by atoms with van der Waals surface area (Å²) in [4.78, 5) is 0.363. The van der Waals surface area contributed by atoms with Gasteiger partial charge in [0.2, 0.25) is 0 Å². The van der Waals surface area contributed by atoms with Gasteiger partial charge in [0.1, 0.15) is 10.7 Å². The molecule has 0 bridgehead atoms. The minimum Gasteiger partial charge on any atom is -0.497 e. The predicted molar refractivity (Wildman–Crippen MR) is 88.8 cm³/mol. The first-order valence-corrected chi connectivity index (χ1v) is 7.19. The molecule has 1 heterocycles. The number of rotatable bonds is 6. The molecule has 0 radical (unpaired) electrons. The van der Waals surface area contributed by atoms with Gasteiger partial charge in [-0.1, -0.05) is 19.1 Å². The van der Waals surface area contributed by atoms with Crippen LogP contribution in [0.1, 0.15) is 23.7 Å². The maximum absolute atomic E-state index is 5.77. The van der Waals surface area contributed by atoms with Crippen molar-refractivity contribution in [1.29, 1.82) is 0 Å². The molecule has 112 valence electrons. The molecule has 0 amide bonds. The summed E-state index contributed by atoms with van der Waals surface area (Å²) in [5.74, 6) is 0.763. The molecule has 2 rings (SSSR count). The van der Waals surface area contributed by atoms with E-state index >= 15 is 0 Å². The molecule has 0 unspecified atom stereocenters. The second kappa shape index (κ2) is 6.58. The standard InChI is InChI=1S/C15H20N4OS/c1-4-13-10(9-19(2)18-13)8-17-14-7-11(20-3)5-6-12(14)15(16)21/h5-7,9,17H,4,8H2,1-3H3,(H2,16,21). The van der Waals surface area contributed by atoms with Gasteiger partial charge in [0.05, 0.1) is 12.8 Å². The topological polar surface area (TPSA) is 65.1 Å². The van der Waals surface area contributed by atoms with E-state index in [1.165, 1.54) is 0 Å². The van der Waals surface area contributed by atoms with Crippen LogP contribution in [-0.2, 0) is 20.0 Å². The number of nitrogens with zero attached hydrogens (tertiary/aromatic N) is 2. The van der Waals surface area contributed by atoms with Crippen LogP contribution in [0.5, 0.6) is 5.75 Å². The third-order valence-corrected chi connectivity index (χ3v) is 3.51. The molecule has 0 fully saturated rings. The van der Waals surface area contributed by atoms with Crippen molar-refractivity contribution in [2.75, 3.05) is 12.4 Å². The van der Waals surface area contributed by atoms with Crippen LogP contribution in [0.3, 0.4) is 0 Å². The highest BCUT2D eigenvalue weighted by Crippen LogP contribution is 2.23. The van der Waals surface area contributed by atoms with Gasteiger partial charge < -0.3 is 15.8 Å². The Labute approximate surface area is 130 Å². The van der Waals surface area contributed by atoms with Crippen LogP contribution in [0.15, 0.2) is 24.4 Å². The number of methoxy groups -OCH3 is 1. The number of aryl methyl sites for hydroxylation is 2. The van der Waals surface area contributed by atoms with Crippen molar-refractivity contribution >= 4 is 22.9 Å². The van der Waals surface area contributed by atoms with Crippen molar-refractivity contribution in [3.8, 4) is 5.75 Å². The highest BCUT2D eigenvalue weighted by atomic mass is 32.1. The highest BCUT2D eigenvalue weighted by molar-refractivity contribution is 7.80. The van der Waals surface area contributed by atoms with Gasteiger partial charge in [0.25, 0.3) is 0 Å². The molecule has 0 saturated carbocycles. The van der Waals surface area contributed by atoms with Gasteiger partial charge in [-0.2, -0.15) is 5.10 Å². The van der Waals surface area contributed by atoms with Crippen LogP contribution in [0.2, 0.25) is 0 Å². The van der Waals surface area contributed by atoms with E-state index in [1.807, 2.05) is 36.1 Å². The number of ether oxygens (including phenoxy) is 1. The maximum Gasteiger partial charge on any atom is 0.120 e. The molecule has 21 heavy (non-hydrogen) atoms. The fourth-order valence-corrected chi connectivity index (χ4v) is 2.41. The monoisotopic (exact) mass is 304 g/mol. The summed E-state index contributed by atoms with van der Waals surface area (Å²) in [7, 11) is 3.56. The van der Waals surface area contributed by atoms with Crippen molar-refractivity contribution < 1.29 is 4.74 Å². The van der Waals surface area contributed by atoms with E-state index in [-0.39, 0.29) is 0 Å². The lowest BCUT2D eigenvalue weighted by molar-refractivity contribution is 0.415. The number of benzene rings is 1. The molecule has 0 aliphatic heterocycles. The summed E-state index contributed by atoms with van der Waals surface area (Å²) >= 11 is 5.09. The van der Waals surface area contributed by atoms with E-state index in [1.54, 1.807) is 7.11 Å². The van der Waals surface area contributed by atoms with Crippen LogP contribution in [0.4, 0.5) is 5.69 Å². The van der Waals surface area contributed by atoms with Gasteiger partial charge >= 0.3 is 0 Å². The molecule has 2 aromatic rings. The number of aromatic nitrogens is 2. The minimum absolute atomic E-state index is 0.363. The Balaban J connectivity index is 2.23. The summed E-state index contributed by atoms with van der Waals surface area (Å²) in [5, 5.41) is 7.81. The Morgan fingerprint density at radius 1 is 1.48 bits per heavy atom. The van der Waals surface area contributed by atoms with Gasteiger partial charge in [-0.05, 0) is 18.6 Å². The summed E-state index contributed by atoms with van der Waals surface area (Å²) in [5.41, 5.74) is 9.70. The van der Waals surface area contributed by atoms with Crippen molar-refractivity contribution in [3.63, 3.8) is 0 Å². The molecule has 0 aliphatic carbocycles. The van der Waals surface area contributed by atoms with E-state index in [9.17, 15) is 0 Å². The zero-order valence-electron chi connectivity index (χ0n) is 12.5. The van der Waals surface area contributed by atoms with E-state index < -0.39 is 0 Å². The molecule has 0 atom stereocenters. The Morgan fingerprint density at radius 3 is 2.86 bits per heavy atom. The molecule has 1 aromatic carbocycles. The van der Waals surface area contributed by atoms with E-state index in [0.717, 1.165) is 34.7 Å². The fraction of sp³-hybridized carbons (Fsp3) is 0.333. The predicted octanol–water partition coefficient (Wildman–Crippen LogP) is 2.24. The fourth-order valence-electron chi connectivity index (χ4n) is 2.23. The SMILES string of the molecule is CCc1nn(C)cc1CNc1cc(OC)ccc1C(N)=S. The van der Waals surface area contributed by atoms with Crippen LogP contribution in [0.25, 0.3) is 0 Å². The zero-order chi connectivity index (χ0) is 15.4. The Kier molecular flexibility index (Phi) is 4.80. The van der Waals surface area contributed by atoms with E-state index in [0.29, 0.717) is 11.5 Å². The van der Waals surface area contributed by atoms with Gasteiger partial charge in [0.15, 0.2) is 0 Å². The van der Waals surface area contributed by atoms with E-state index in [2.05, 4.69) is 17.3 Å². The quantitative estimate of drug-likeness (QED) is 0.801. The molecule has 6 heteroatoms. The summed E-state index contributed by atoms with van der Waals surface area (Å²) in [6, 6.07) is 5.62. The third-order valence-electron chi connectivity index (χ3n) is 3.29. The molecule has 3 N–H and O–H groups in total. The molecular weight excluding hydrogens is 284 g/mol. The van der Waals surface area contributed by atoms with Gasteiger partial charge in [-0.3, -0.25) is 4.68 Å². The van der Waals surface area contributed by atoms with Crippen molar-refractivity contribution in [3.05, 3.63) is 41.2 Å². The average Bonchev–Trinajstić information content (AvgIpc) is 2.84. The zero-order valence-corrected chi connectivity index (χ0v) is 13.3. The van der Waals surface area contributed by atoms with Crippen LogP contribution in [-0.4, -0.2) is 21.9 Å². The molecule has 5 nitrogen and oxygen atoms in total. The number of hydrogen-bond donors (Lipinski definition) is 2. The summed E-state index contributed by atoms with van der Waals surface area (Å²) in [6.07, 6.45) is 2.92. The third kappa shape index (κ3) is 3.52. The first-order chi connectivity index (χ1) is 10.0.